The fourth-order valence-corrected chi connectivity index (χ4v) is 5.66. The van der Waals surface area contributed by atoms with E-state index < -0.39 is 0 Å². The number of carbonyl (C=O) groups is 1. The quantitative estimate of drug-likeness (QED) is 0.623. The molecule has 0 saturated heterocycles. The summed E-state index contributed by atoms with van der Waals surface area (Å²) in [6, 6.07) is 7.69. The third-order valence-corrected chi connectivity index (χ3v) is 7.21. The highest BCUT2D eigenvalue weighted by Gasteiger charge is 2.21. The molecule has 1 aliphatic carbocycles. The number of thiophene rings is 1. The van der Waals surface area contributed by atoms with Crippen LogP contribution >= 0.6 is 23.1 Å². The van der Waals surface area contributed by atoms with E-state index in [9.17, 15) is 9.59 Å². The number of ether oxygens (including phenoxy) is 1. The van der Waals surface area contributed by atoms with Crippen LogP contribution in [0.5, 0.6) is 5.75 Å². The maximum atomic E-state index is 12.5. The largest absolute Gasteiger partial charge is 0.497 e. The van der Waals surface area contributed by atoms with Gasteiger partial charge in [0.2, 0.25) is 5.91 Å². The van der Waals surface area contributed by atoms with Crippen LogP contribution in [0, 0.1) is 0 Å². The zero-order valence-corrected chi connectivity index (χ0v) is 18.1. The fourth-order valence-electron chi connectivity index (χ4n) is 3.55. The number of methoxy groups -OCH3 is 1. The molecule has 2 aromatic heterocycles. The number of nitrogens with zero attached hydrogens (tertiary/aromatic N) is 2. The number of rotatable bonds is 7. The van der Waals surface area contributed by atoms with Gasteiger partial charge in [-0.25, -0.2) is 4.98 Å². The predicted molar refractivity (Wildman–Crippen MR) is 118 cm³/mol. The highest BCUT2D eigenvalue weighted by molar-refractivity contribution is 7.99. The first-order chi connectivity index (χ1) is 14.0. The number of aryl methyl sites for hydroxylation is 2. The third-order valence-electron chi connectivity index (χ3n) is 5.09. The fraction of sp³-hybridized carbons (Fsp3) is 0.381. The van der Waals surface area contributed by atoms with Gasteiger partial charge < -0.3 is 14.6 Å². The minimum Gasteiger partial charge on any atom is -0.497 e. The average molecular weight is 430 g/mol. The Hall–Kier alpha value is -2.32. The SMILES string of the molecule is COc1ccc(CN(C)C(=O)CSCc2nc3sc4c(c3c(=O)[nH]2)CCC4)cc1. The molecule has 8 heteroatoms. The summed E-state index contributed by atoms with van der Waals surface area (Å²) in [5.74, 6) is 2.33. The summed E-state index contributed by atoms with van der Waals surface area (Å²) in [6.07, 6.45) is 3.15. The predicted octanol–water partition coefficient (Wildman–Crippen LogP) is 3.37. The lowest BCUT2D eigenvalue weighted by Crippen LogP contribution is -2.27. The van der Waals surface area contributed by atoms with Crippen molar-refractivity contribution in [2.75, 3.05) is 19.9 Å². The van der Waals surface area contributed by atoms with Crippen LogP contribution in [0.1, 0.15) is 28.2 Å². The van der Waals surface area contributed by atoms with E-state index in [4.69, 9.17) is 4.74 Å². The summed E-state index contributed by atoms with van der Waals surface area (Å²) in [5.41, 5.74) is 2.19. The van der Waals surface area contributed by atoms with Gasteiger partial charge in [-0.15, -0.1) is 23.1 Å². The number of amides is 1. The molecule has 0 spiro atoms. The van der Waals surface area contributed by atoms with Crippen molar-refractivity contribution in [2.24, 2.45) is 0 Å². The van der Waals surface area contributed by atoms with Crippen molar-refractivity contribution in [3.63, 3.8) is 0 Å². The Kier molecular flexibility index (Phi) is 5.91. The summed E-state index contributed by atoms with van der Waals surface area (Å²) in [5, 5.41) is 0.770. The lowest BCUT2D eigenvalue weighted by atomic mass is 10.2. The van der Waals surface area contributed by atoms with Crippen molar-refractivity contribution >= 4 is 39.2 Å². The van der Waals surface area contributed by atoms with Crippen LogP contribution in [0.25, 0.3) is 10.2 Å². The molecule has 29 heavy (non-hydrogen) atoms. The zero-order chi connectivity index (χ0) is 20.4. The summed E-state index contributed by atoms with van der Waals surface area (Å²) < 4.78 is 5.16. The Morgan fingerprint density at radius 2 is 2.10 bits per heavy atom. The Bertz CT molecular complexity index is 1090. The van der Waals surface area contributed by atoms with Gasteiger partial charge in [0.05, 0.1) is 24.0 Å². The molecule has 3 aromatic rings. The minimum atomic E-state index is -0.0482. The van der Waals surface area contributed by atoms with Gasteiger partial charge in [0.15, 0.2) is 0 Å². The molecule has 0 saturated carbocycles. The number of H-pyrrole nitrogens is 1. The van der Waals surface area contributed by atoms with Crippen LogP contribution in [0.3, 0.4) is 0 Å². The van der Waals surface area contributed by atoms with E-state index in [1.165, 1.54) is 22.2 Å². The second kappa shape index (κ2) is 8.59. The Morgan fingerprint density at radius 3 is 2.86 bits per heavy atom. The lowest BCUT2D eigenvalue weighted by molar-refractivity contribution is -0.127. The van der Waals surface area contributed by atoms with Crippen LogP contribution in [0.15, 0.2) is 29.1 Å². The van der Waals surface area contributed by atoms with E-state index >= 15 is 0 Å². The first-order valence-electron chi connectivity index (χ1n) is 9.53. The molecule has 0 unspecified atom stereocenters. The highest BCUT2D eigenvalue weighted by atomic mass is 32.2. The van der Waals surface area contributed by atoms with E-state index in [2.05, 4.69) is 9.97 Å². The second-order valence-corrected chi connectivity index (χ2v) is 9.21. The van der Waals surface area contributed by atoms with Crippen molar-refractivity contribution in [1.29, 1.82) is 0 Å². The molecular formula is C21H23N3O3S2. The van der Waals surface area contributed by atoms with Crippen molar-refractivity contribution in [1.82, 2.24) is 14.9 Å². The van der Waals surface area contributed by atoms with Gasteiger partial charge in [-0.3, -0.25) is 9.59 Å². The molecule has 0 radical (unpaired) electrons. The molecule has 1 aliphatic rings. The van der Waals surface area contributed by atoms with Gasteiger partial charge in [-0.05, 0) is 42.5 Å². The topological polar surface area (TPSA) is 75.3 Å². The van der Waals surface area contributed by atoms with Crippen molar-refractivity contribution in [3.8, 4) is 5.75 Å². The molecular weight excluding hydrogens is 406 g/mol. The van der Waals surface area contributed by atoms with E-state index in [1.54, 1.807) is 30.4 Å². The van der Waals surface area contributed by atoms with Gasteiger partial charge in [0.1, 0.15) is 16.4 Å². The molecule has 0 fully saturated rings. The van der Waals surface area contributed by atoms with Crippen molar-refractivity contribution in [2.45, 2.75) is 31.6 Å². The standard InChI is InChI=1S/C21H23N3O3S2/c1-24(10-13-6-8-14(27-2)9-7-13)18(25)12-28-11-17-22-20(26)19-15-4-3-5-16(15)29-21(19)23-17/h6-9H,3-5,10-12H2,1-2H3,(H,22,23,26). The molecule has 152 valence electrons. The van der Waals surface area contributed by atoms with Crippen LogP contribution in [-0.4, -0.2) is 40.7 Å². The van der Waals surface area contributed by atoms with Crippen LogP contribution in [0.2, 0.25) is 0 Å². The number of fused-ring (bicyclic) bond motifs is 3. The molecule has 1 aromatic carbocycles. The maximum absolute atomic E-state index is 12.5. The number of thioether (sulfide) groups is 1. The third kappa shape index (κ3) is 4.33. The number of hydrogen-bond acceptors (Lipinski definition) is 6. The smallest absolute Gasteiger partial charge is 0.259 e. The van der Waals surface area contributed by atoms with Gasteiger partial charge in [-0.2, -0.15) is 0 Å². The Balaban J connectivity index is 1.33. The van der Waals surface area contributed by atoms with Crippen LogP contribution in [-0.2, 0) is 29.9 Å². The first kappa shape index (κ1) is 20.0. The highest BCUT2D eigenvalue weighted by Crippen LogP contribution is 2.34. The summed E-state index contributed by atoms with van der Waals surface area (Å²) in [4.78, 5) is 36.3. The molecule has 1 N–H and O–H groups in total. The number of hydrogen-bond donors (Lipinski definition) is 1. The van der Waals surface area contributed by atoms with E-state index in [1.807, 2.05) is 24.3 Å². The zero-order valence-electron chi connectivity index (χ0n) is 16.5. The van der Waals surface area contributed by atoms with Crippen molar-refractivity contribution < 1.29 is 9.53 Å². The molecule has 6 nitrogen and oxygen atoms in total. The van der Waals surface area contributed by atoms with Gasteiger partial charge in [0.25, 0.3) is 5.56 Å². The summed E-state index contributed by atoms with van der Waals surface area (Å²) in [6.45, 7) is 0.547. The van der Waals surface area contributed by atoms with E-state index in [0.29, 0.717) is 23.9 Å². The lowest BCUT2D eigenvalue weighted by Gasteiger charge is -2.17. The summed E-state index contributed by atoms with van der Waals surface area (Å²) >= 11 is 3.11. The van der Waals surface area contributed by atoms with E-state index in [0.717, 1.165) is 40.8 Å². The summed E-state index contributed by atoms with van der Waals surface area (Å²) in [7, 11) is 3.43. The molecule has 0 atom stereocenters. The number of nitrogens with one attached hydrogen (secondary N) is 1. The minimum absolute atomic E-state index is 0.0457. The van der Waals surface area contributed by atoms with Crippen molar-refractivity contribution in [3.05, 3.63) is 56.4 Å². The Morgan fingerprint density at radius 1 is 1.31 bits per heavy atom. The molecule has 2 heterocycles. The van der Waals surface area contributed by atoms with Gasteiger partial charge in [0, 0.05) is 18.5 Å². The first-order valence-corrected chi connectivity index (χ1v) is 11.5. The van der Waals surface area contributed by atoms with E-state index in [-0.39, 0.29) is 11.5 Å². The Labute approximate surface area is 177 Å². The molecule has 1 amide bonds. The second-order valence-electron chi connectivity index (χ2n) is 7.14. The molecule has 4 rings (SSSR count). The average Bonchev–Trinajstić information content (AvgIpc) is 3.29. The monoisotopic (exact) mass is 429 g/mol. The number of benzene rings is 1. The number of aromatic nitrogens is 2. The molecule has 0 aliphatic heterocycles. The number of aromatic amines is 1. The van der Waals surface area contributed by atoms with Crippen LogP contribution < -0.4 is 10.3 Å². The number of carbonyl (C=O) groups excluding carboxylic acids is 1. The normalized spacial score (nSPS) is 12.9. The van der Waals surface area contributed by atoms with Gasteiger partial charge >= 0.3 is 0 Å². The maximum Gasteiger partial charge on any atom is 0.259 e. The molecule has 0 bridgehead atoms. The van der Waals surface area contributed by atoms with Crippen LogP contribution in [0.4, 0.5) is 0 Å². The van der Waals surface area contributed by atoms with Gasteiger partial charge in [-0.1, -0.05) is 12.1 Å².